The van der Waals surface area contributed by atoms with Gasteiger partial charge in [0.1, 0.15) is 0 Å². The van der Waals surface area contributed by atoms with Crippen molar-refractivity contribution in [1.29, 1.82) is 0 Å². The van der Waals surface area contributed by atoms with Crippen LogP contribution in [-0.2, 0) is 9.53 Å². The van der Waals surface area contributed by atoms with Crippen LogP contribution in [0, 0.1) is 0 Å². The molecule has 0 N–H and O–H groups in total. The van der Waals surface area contributed by atoms with Crippen LogP contribution >= 0.6 is 12.4 Å². The van der Waals surface area contributed by atoms with E-state index in [9.17, 15) is 4.79 Å². The first-order valence-corrected chi connectivity index (χ1v) is 9.03. The highest BCUT2D eigenvalue weighted by Gasteiger charge is 1.98. The summed E-state index contributed by atoms with van der Waals surface area (Å²) >= 11 is 0. The Balaban J connectivity index is 0. The van der Waals surface area contributed by atoms with Crippen LogP contribution < -0.4 is 0 Å². The standard InChI is InChI=1S/C19H36O2.ClH/c1-3-4-5-6-7-8-9-10-11-12-13-14-15-16-17-18-19(20)21-2;/h10-11H,3-9,12-18H2,1-2H3;1H/b11-10-;. The summed E-state index contributed by atoms with van der Waals surface area (Å²) in [6, 6.07) is 0. The second kappa shape index (κ2) is 20.5. The number of carbonyl (C=O) groups excluding carboxylic acids is 1. The molecular weight excluding hydrogens is 296 g/mol. The molecule has 0 heterocycles. The first-order valence-electron chi connectivity index (χ1n) is 9.03. The Morgan fingerprint density at radius 1 is 0.773 bits per heavy atom. The first-order chi connectivity index (χ1) is 10.3. The fraction of sp³-hybridized carbons (Fsp3) is 0.842. The second-order valence-electron chi connectivity index (χ2n) is 5.91. The van der Waals surface area contributed by atoms with Crippen molar-refractivity contribution in [3.8, 4) is 0 Å². The van der Waals surface area contributed by atoms with E-state index in [1.165, 1.54) is 77.7 Å². The number of halogens is 1. The molecule has 3 heteroatoms. The molecule has 0 aliphatic carbocycles. The van der Waals surface area contributed by atoms with E-state index in [4.69, 9.17) is 0 Å². The zero-order chi connectivity index (χ0) is 15.6. The fourth-order valence-electron chi connectivity index (χ4n) is 2.44. The number of hydrogen-bond donors (Lipinski definition) is 0. The first kappa shape index (κ1) is 23.8. The van der Waals surface area contributed by atoms with Gasteiger partial charge in [0.15, 0.2) is 0 Å². The van der Waals surface area contributed by atoms with Crippen LogP contribution in [0.25, 0.3) is 0 Å². The monoisotopic (exact) mass is 332 g/mol. The smallest absolute Gasteiger partial charge is 0.305 e. The van der Waals surface area contributed by atoms with Crippen LogP contribution in [0.15, 0.2) is 12.2 Å². The molecule has 2 nitrogen and oxygen atoms in total. The molecule has 0 spiro atoms. The number of methoxy groups -OCH3 is 1. The van der Waals surface area contributed by atoms with Gasteiger partial charge in [-0.25, -0.2) is 0 Å². The molecule has 0 atom stereocenters. The second-order valence-corrected chi connectivity index (χ2v) is 5.91. The lowest BCUT2D eigenvalue weighted by molar-refractivity contribution is -0.140. The average Bonchev–Trinajstić information content (AvgIpc) is 2.50. The van der Waals surface area contributed by atoms with Gasteiger partial charge in [0.2, 0.25) is 0 Å². The van der Waals surface area contributed by atoms with Crippen LogP contribution in [0.2, 0.25) is 0 Å². The third kappa shape index (κ3) is 19.5. The maximum atomic E-state index is 10.9. The highest BCUT2D eigenvalue weighted by atomic mass is 35.5. The van der Waals surface area contributed by atoms with E-state index >= 15 is 0 Å². The number of carbonyl (C=O) groups is 1. The summed E-state index contributed by atoms with van der Waals surface area (Å²) in [6.45, 7) is 2.27. The van der Waals surface area contributed by atoms with Crippen molar-refractivity contribution in [1.82, 2.24) is 0 Å². The Morgan fingerprint density at radius 2 is 1.23 bits per heavy atom. The minimum absolute atomic E-state index is 0. The molecule has 22 heavy (non-hydrogen) atoms. The van der Waals surface area contributed by atoms with Gasteiger partial charge in [-0.3, -0.25) is 4.79 Å². The number of esters is 1. The van der Waals surface area contributed by atoms with Gasteiger partial charge in [-0.15, -0.1) is 12.4 Å². The molecule has 0 aromatic rings. The van der Waals surface area contributed by atoms with Gasteiger partial charge in [-0.05, 0) is 32.1 Å². The number of unbranched alkanes of at least 4 members (excludes halogenated alkanes) is 11. The number of ether oxygens (including phenoxy) is 1. The minimum atomic E-state index is -0.0763. The third-order valence-corrected chi connectivity index (χ3v) is 3.87. The van der Waals surface area contributed by atoms with Crippen molar-refractivity contribution in [3.05, 3.63) is 12.2 Å². The summed E-state index contributed by atoms with van der Waals surface area (Å²) in [5.74, 6) is -0.0763. The van der Waals surface area contributed by atoms with E-state index < -0.39 is 0 Å². The summed E-state index contributed by atoms with van der Waals surface area (Å²) in [7, 11) is 1.46. The topological polar surface area (TPSA) is 26.3 Å². The van der Waals surface area contributed by atoms with Crippen LogP contribution in [0.1, 0.15) is 96.8 Å². The van der Waals surface area contributed by atoms with Gasteiger partial charge in [0, 0.05) is 6.42 Å². The van der Waals surface area contributed by atoms with Gasteiger partial charge in [-0.2, -0.15) is 0 Å². The lowest BCUT2D eigenvalue weighted by atomic mass is 10.1. The largest absolute Gasteiger partial charge is 0.469 e. The van der Waals surface area contributed by atoms with E-state index in [1.54, 1.807) is 0 Å². The van der Waals surface area contributed by atoms with Crippen LogP contribution in [-0.4, -0.2) is 13.1 Å². The summed E-state index contributed by atoms with van der Waals surface area (Å²) in [4.78, 5) is 10.9. The third-order valence-electron chi connectivity index (χ3n) is 3.87. The van der Waals surface area contributed by atoms with Crippen molar-refractivity contribution in [2.45, 2.75) is 96.8 Å². The van der Waals surface area contributed by atoms with E-state index in [0.717, 1.165) is 12.8 Å². The molecule has 0 unspecified atom stereocenters. The van der Waals surface area contributed by atoms with Crippen molar-refractivity contribution >= 4 is 18.4 Å². The molecule has 0 amide bonds. The van der Waals surface area contributed by atoms with Crippen molar-refractivity contribution in [3.63, 3.8) is 0 Å². The number of rotatable bonds is 15. The van der Waals surface area contributed by atoms with Crippen molar-refractivity contribution < 1.29 is 9.53 Å². The molecule has 0 rings (SSSR count). The fourth-order valence-corrected chi connectivity index (χ4v) is 2.44. The highest BCUT2D eigenvalue weighted by Crippen LogP contribution is 2.10. The van der Waals surface area contributed by atoms with Gasteiger partial charge < -0.3 is 4.74 Å². The maximum absolute atomic E-state index is 10.9. The number of hydrogen-bond acceptors (Lipinski definition) is 2. The molecule has 0 saturated carbocycles. The van der Waals surface area contributed by atoms with Gasteiger partial charge >= 0.3 is 5.97 Å². The maximum Gasteiger partial charge on any atom is 0.305 e. The normalized spacial score (nSPS) is 10.6. The Kier molecular flexibility index (Phi) is 22.1. The Bertz CT molecular complexity index is 252. The molecule has 0 aromatic carbocycles. The average molecular weight is 333 g/mol. The molecule has 0 saturated heterocycles. The van der Waals surface area contributed by atoms with Crippen molar-refractivity contribution in [2.24, 2.45) is 0 Å². The van der Waals surface area contributed by atoms with E-state index in [1.807, 2.05) is 0 Å². The van der Waals surface area contributed by atoms with Crippen LogP contribution in [0.4, 0.5) is 0 Å². The van der Waals surface area contributed by atoms with Gasteiger partial charge in [-0.1, -0.05) is 70.4 Å². The molecule has 0 fully saturated rings. The lowest BCUT2D eigenvalue weighted by Crippen LogP contribution is -1.98. The summed E-state index contributed by atoms with van der Waals surface area (Å²) in [6.07, 6.45) is 22.0. The van der Waals surface area contributed by atoms with Crippen LogP contribution in [0.3, 0.4) is 0 Å². The van der Waals surface area contributed by atoms with E-state index in [-0.39, 0.29) is 18.4 Å². The predicted molar refractivity (Wildman–Crippen MR) is 98.7 cm³/mol. The molecule has 0 radical (unpaired) electrons. The summed E-state index contributed by atoms with van der Waals surface area (Å²) in [5.41, 5.74) is 0. The molecule has 0 bridgehead atoms. The minimum Gasteiger partial charge on any atom is -0.469 e. The molecule has 0 aliphatic heterocycles. The Labute approximate surface area is 144 Å². The predicted octanol–water partition coefficient (Wildman–Crippen LogP) is 6.62. The van der Waals surface area contributed by atoms with Gasteiger partial charge in [0.05, 0.1) is 7.11 Å². The SMILES string of the molecule is CCCCCCCC/C=C\CCCCCCCC(=O)OC.Cl. The van der Waals surface area contributed by atoms with E-state index in [2.05, 4.69) is 23.8 Å². The van der Waals surface area contributed by atoms with E-state index in [0.29, 0.717) is 6.42 Å². The summed E-state index contributed by atoms with van der Waals surface area (Å²) < 4.78 is 4.62. The molecule has 0 aromatic heterocycles. The Hall–Kier alpha value is -0.500. The quantitative estimate of drug-likeness (QED) is 0.191. The zero-order valence-electron chi connectivity index (χ0n) is 14.8. The van der Waals surface area contributed by atoms with Gasteiger partial charge in [0.25, 0.3) is 0 Å². The molecule has 132 valence electrons. The lowest BCUT2D eigenvalue weighted by Gasteiger charge is -2.00. The summed E-state index contributed by atoms with van der Waals surface area (Å²) in [5, 5.41) is 0. The van der Waals surface area contributed by atoms with Crippen molar-refractivity contribution in [2.75, 3.05) is 7.11 Å². The zero-order valence-corrected chi connectivity index (χ0v) is 15.6. The van der Waals surface area contributed by atoms with Crippen LogP contribution in [0.5, 0.6) is 0 Å². The molecule has 0 aliphatic rings. The molecular formula is C19H37ClO2. The highest BCUT2D eigenvalue weighted by molar-refractivity contribution is 5.85. The number of allylic oxidation sites excluding steroid dienone is 2. The Morgan fingerprint density at radius 3 is 1.73 bits per heavy atom.